The lowest BCUT2D eigenvalue weighted by molar-refractivity contribution is 0.0424. The third-order valence-electron chi connectivity index (χ3n) is 4.79. The van der Waals surface area contributed by atoms with Crippen LogP contribution < -0.4 is 10.6 Å². The van der Waals surface area contributed by atoms with Gasteiger partial charge in [-0.15, -0.1) is 0 Å². The van der Waals surface area contributed by atoms with Crippen LogP contribution in [0.25, 0.3) is 0 Å². The molecule has 24 heavy (non-hydrogen) atoms. The molecular formula is C18H36N4O2. The minimum Gasteiger partial charge on any atom is -0.379 e. The lowest BCUT2D eigenvalue weighted by atomic mass is 10.0. The van der Waals surface area contributed by atoms with E-state index in [1.165, 1.54) is 25.8 Å². The molecule has 2 atom stereocenters. The van der Waals surface area contributed by atoms with Crippen molar-refractivity contribution in [2.24, 2.45) is 4.99 Å². The van der Waals surface area contributed by atoms with Crippen LogP contribution in [0.2, 0.25) is 0 Å². The fraction of sp³-hybridized carbons (Fsp3) is 0.944. The molecule has 0 aromatic carbocycles. The molecule has 0 spiro atoms. The molecule has 2 rings (SSSR count). The molecule has 2 saturated heterocycles. The summed E-state index contributed by atoms with van der Waals surface area (Å²) in [5, 5.41) is 6.78. The van der Waals surface area contributed by atoms with Crippen molar-refractivity contribution in [1.82, 2.24) is 15.5 Å². The smallest absolute Gasteiger partial charge is 0.191 e. The van der Waals surface area contributed by atoms with Crippen LogP contribution in [0.5, 0.6) is 0 Å². The van der Waals surface area contributed by atoms with Crippen LogP contribution in [-0.2, 0) is 9.47 Å². The highest BCUT2D eigenvalue weighted by Crippen LogP contribution is 2.15. The number of aliphatic imine (C=N–C) groups is 1. The first-order valence-corrected chi connectivity index (χ1v) is 9.75. The van der Waals surface area contributed by atoms with Crippen LogP contribution in [0.1, 0.15) is 46.0 Å². The molecule has 0 aromatic rings. The van der Waals surface area contributed by atoms with Gasteiger partial charge in [-0.05, 0) is 46.1 Å². The number of ether oxygens (including phenoxy) is 2. The van der Waals surface area contributed by atoms with Crippen molar-refractivity contribution in [1.29, 1.82) is 0 Å². The van der Waals surface area contributed by atoms with E-state index in [9.17, 15) is 0 Å². The fourth-order valence-corrected chi connectivity index (χ4v) is 3.30. The van der Waals surface area contributed by atoms with Crippen LogP contribution in [-0.4, -0.2) is 75.5 Å². The van der Waals surface area contributed by atoms with Gasteiger partial charge >= 0.3 is 0 Å². The summed E-state index contributed by atoms with van der Waals surface area (Å²) in [5.41, 5.74) is 0. The van der Waals surface area contributed by atoms with Crippen LogP contribution in [0.4, 0.5) is 0 Å². The Hall–Kier alpha value is -0.850. The predicted octanol–water partition coefficient (Wildman–Crippen LogP) is 1.61. The number of hydrogen-bond donors (Lipinski definition) is 2. The Morgan fingerprint density at radius 1 is 1.29 bits per heavy atom. The lowest BCUT2D eigenvalue weighted by Crippen LogP contribution is -2.45. The first kappa shape index (κ1) is 19.5. The number of nitrogens with one attached hydrogen (secondary N) is 2. The van der Waals surface area contributed by atoms with Gasteiger partial charge in [-0.3, -0.25) is 9.89 Å². The minimum atomic E-state index is 0.298. The van der Waals surface area contributed by atoms with Crippen molar-refractivity contribution < 1.29 is 9.47 Å². The Kier molecular flexibility index (Phi) is 9.46. The third-order valence-corrected chi connectivity index (χ3v) is 4.79. The first-order chi connectivity index (χ1) is 11.8. The summed E-state index contributed by atoms with van der Waals surface area (Å²) in [6.07, 6.45) is 6.33. The number of hydrogen-bond acceptors (Lipinski definition) is 4. The zero-order chi connectivity index (χ0) is 17.0. The van der Waals surface area contributed by atoms with E-state index in [0.29, 0.717) is 6.10 Å². The monoisotopic (exact) mass is 340 g/mol. The quantitative estimate of drug-likeness (QED) is 0.379. The molecule has 6 nitrogen and oxygen atoms in total. The lowest BCUT2D eigenvalue weighted by Gasteiger charge is -2.33. The standard InChI is InChI=1S/C18H36N4O2/c1-3-19-18(20-9-6-13-24-17-8-14-23-15-17)21-10-12-22-11-5-4-7-16(22)2/h16-17H,3-15H2,1-2H3,(H2,19,20,21). The molecule has 140 valence electrons. The van der Waals surface area contributed by atoms with E-state index >= 15 is 0 Å². The van der Waals surface area contributed by atoms with Gasteiger partial charge in [0.25, 0.3) is 0 Å². The maximum Gasteiger partial charge on any atom is 0.191 e. The molecule has 0 bridgehead atoms. The van der Waals surface area contributed by atoms with E-state index in [-0.39, 0.29) is 0 Å². The Morgan fingerprint density at radius 2 is 2.21 bits per heavy atom. The molecule has 0 aromatic heterocycles. The molecule has 0 saturated carbocycles. The Bertz CT molecular complexity index is 359. The molecule has 2 N–H and O–H groups in total. The second-order valence-electron chi connectivity index (χ2n) is 6.78. The van der Waals surface area contributed by atoms with Gasteiger partial charge in [0.1, 0.15) is 0 Å². The van der Waals surface area contributed by atoms with Gasteiger partial charge in [0, 0.05) is 45.4 Å². The van der Waals surface area contributed by atoms with E-state index in [2.05, 4.69) is 34.4 Å². The molecule has 0 amide bonds. The predicted molar refractivity (Wildman–Crippen MR) is 98.7 cm³/mol. The SMILES string of the molecule is CCNC(=NCCCOC1CCOC1)NCCN1CCCCC1C. The highest BCUT2D eigenvalue weighted by atomic mass is 16.5. The zero-order valence-electron chi connectivity index (χ0n) is 15.6. The first-order valence-electron chi connectivity index (χ1n) is 9.75. The molecule has 2 fully saturated rings. The summed E-state index contributed by atoms with van der Waals surface area (Å²) in [5.74, 6) is 0.923. The molecule has 0 aliphatic carbocycles. The second-order valence-corrected chi connectivity index (χ2v) is 6.78. The number of guanidine groups is 1. The summed E-state index contributed by atoms with van der Waals surface area (Å²) < 4.78 is 11.1. The maximum absolute atomic E-state index is 5.78. The second kappa shape index (κ2) is 11.7. The van der Waals surface area contributed by atoms with Crippen LogP contribution in [0.3, 0.4) is 0 Å². The van der Waals surface area contributed by atoms with Gasteiger partial charge in [0.15, 0.2) is 5.96 Å². The molecule has 0 radical (unpaired) electrons. The van der Waals surface area contributed by atoms with E-state index in [1.807, 2.05) is 0 Å². The molecule has 6 heteroatoms. The van der Waals surface area contributed by atoms with Gasteiger partial charge in [-0.1, -0.05) is 6.42 Å². The van der Waals surface area contributed by atoms with Gasteiger partial charge < -0.3 is 20.1 Å². The molecule has 2 aliphatic rings. The van der Waals surface area contributed by atoms with Gasteiger partial charge in [-0.25, -0.2) is 0 Å². The molecule has 2 aliphatic heterocycles. The van der Waals surface area contributed by atoms with Crippen molar-refractivity contribution >= 4 is 5.96 Å². The summed E-state index contributed by atoms with van der Waals surface area (Å²) in [6.45, 7) is 11.8. The number of likely N-dealkylation sites (tertiary alicyclic amines) is 1. The van der Waals surface area contributed by atoms with Crippen LogP contribution >= 0.6 is 0 Å². The van der Waals surface area contributed by atoms with Gasteiger partial charge in [-0.2, -0.15) is 0 Å². The van der Waals surface area contributed by atoms with Gasteiger partial charge in [0.05, 0.1) is 12.7 Å². The summed E-state index contributed by atoms with van der Waals surface area (Å²) in [4.78, 5) is 7.22. The Balaban J connectivity index is 1.58. The Labute approximate surface area is 147 Å². The number of rotatable bonds is 9. The highest BCUT2D eigenvalue weighted by molar-refractivity contribution is 5.79. The normalized spacial score (nSPS) is 25.8. The topological polar surface area (TPSA) is 58.1 Å². The van der Waals surface area contributed by atoms with Crippen molar-refractivity contribution in [3.8, 4) is 0 Å². The van der Waals surface area contributed by atoms with Crippen molar-refractivity contribution in [2.45, 2.75) is 58.1 Å². The van der Waals surface area contributed by atoms with Crippen molar-refractivity contribution in [3.63, 3.8) is 0 Å². The Morgan fingerprint density at radius 3 is 2.96 bits per heavy atom. The van der Waals surface area contributed by atoms with E-state index < -0.39 is 0 Å². The van der Waals surface area contributed by atoms with Crippen LogP contribution in [0.15, 0.2) is 4.99 Å². The number of nitrogens with zero attached hydrogens (tertiary/aromatic N) is 2. The van der Waals surface area contributed by atoms with E-state index in [1.54, 1.807) is 0 Å². The van der Waals surface area contributed by atoms with E-state index in [0.717, 1.165) is 70.8 Å². The third kappa shape index (κ3) is 7.36. The van der Waals surface area contributed by atoms with Gasteiger partial charge in [0.2, 0.25) is 0 Å². The summed E-state index contributed by atoms with van der Waals surface area (Å²) >= 11 is 0. The van der Waals surface area contributed by atoms with Crippen LogP contribution in [0, 0.1) is 0 Å². The van der Waals surface area contributed by atoms with Crippen molar-refractivity contribution in [3.05, 3.63) is 0 Å². The zero-order valence-corrected chi connectivity index (χ0v) is 15.6. The summed E-state index contributed by atoms with van der Waals surface area (Å²) in [6, 6.07) is 0.719. The minimum absolute atomic E-state index is 0.298. The average molecular weight is 341 g/mol. The summed E-state index contributed by atoms with van der Waals surface area (Å²) in [7, 11) is 0. The maximum atomic E-state index is 5.78. The average Bonchev–Trinajstić information content (AvgIpc) is 3.09. The largest absolute Gasteiger partial charge is 0.379 e. The molecule has 2 unspecified atom stereocenters. The van der Waals surface area contributed by atoms with E-state index in [4.69, 9.17) is 9.47 Å². The molecule has 2 heterocycles. The molecular weight excluding hydrogens is 304 g/mol. The number of piperidine rings is 1. The fourth-order valence-electron chi connectivity index (χ4n) is 3.30. The highest BCUT2D eigenvalue weighted by Gasteiger charge is 2.17. The van der Waals surface area contributed by atoms with Crippen molar-refractivity contribution in [2.75, 3.05) is 52.5 Å².